The summed E-state index contributed by atoms with van der Waals surface area (Å²) in [7, 11) is 0. The molecule has 0 saturated carbocycles. The van der Waals surface area contributed by atoms with Gasteiger partial charge in [0.2, 0.25) is 0 Å². The minimum atomic E-state index is 0.438. The van der Waals surface area contributed by atoms with Crippen molar-refractivity contribution in [3.05, 3.63) is 47.7 Å². The first-order valence-corrected chi connectivity index (χ1v) is 10.1. The lowest BCUT2D eigenvalue weighted by molar-refractivity contribution is 0.244. The monoisotopic (exact) mass is 351 g/mol. The van der Waals surface area contributed by atoms with Gasteiger partial charge in [0.05, 0.1) is 12.5 Å². The molecule has 2 atom stereocenters. The van der Waals surface area contributed by atoms with Gasteiger partial charge in [-0.1, -0.05) is 62.9 Å². The van der Waals surface area contributed by atoms with E-state index in [2.05, 4.69) is 67.7 Å². The summed E-state index contributed by atoms with van der Waals surface area (Å²) in [5.74, 6) is 0.465. The van der Waals surface area contributed by atoms with Crippen LogP contribution < -0.4 is 5.32 Å². The van der Waals surface area contributed by atoms with Crippen molar-refractivity contribution in [2.45, 2.75) is 71.1 Å². The summed E-state index contributed by atoms with van der Waals surface area (Å²) < 4.78 is 0. The minimum Gasteiger partial charge on any atom is -0.370 e. The van der Waals surface area contributed by atoms with Gasteiger partial charge in [0.15, 0.2) is 6.71 Å². The molecule has 3 nitrogen and oxygen atoms in total. The first-order chi connectivity index (χ1) is 12.5. The van der Waals surface area contributed by atoms with Crippen LogP contribution in [-0.2, 0) is 6.42 Å². The van der Waals surface area contributed by atoms with Crippen LogP contribution in [0.3, 0.4) is 0 Å². The van der Waals surface area contributed by atoms with E-state index in [-0.39, 0.29) is 0 Å². The number of nitriles is 1. The molecule has 1 aromatic carbocycles. The smallest absolute Gasteiger partial charge is 0.154 e. The van der Waals surface area contributed by atoms with Crippen molar-refractivity contribution in [2.24, 2.45) is 0 Å². The van der Waals surface area contributed by atoms with Crippen molar-refractivity contribution in [1.82, 2.24) is 10.2 Å². The highest BCUT2D eigenvalue weighted by Gasteiger charge is 2.24. The molecule has 0 amide bonds. The largest absolute Gasteiger partial charge is 0.370 e. The lowest BCUT2D eigenvalue weighted by Gasteiger charge is -2.34. The van der Waals surface area contributed by atoms with Gasteiger partial charge in [-0.05, 0) is 37.7 Å². The molecule has 1 saturated heterocycles. The van der Waals surface area contributed by atoms with Gasteiger partial charge in [-0.15, -0.1) is 0 Å². The molecule has 0 spiro atoms. The van der Waals surface area contributed by atoms with E-state index in [4.69, 9.17) is 5.26 Å². The lowest BCUT2D eigenvalue weighted by Crippen LogP contribution is -2.48. The summed E-state index contributed by atoms with van der Waals surface area (Å²) in [6, 6.07) is 11.6. The molecule has 1 aliphatic heterocycles. The molecule has 0 radical (unpaired) electrons. The van der Waals surface area contributed by atoms with Crippen LogP contribution in [0.4, 0.5) is 0 Å². The van der Waals surface area contributed by atoms with Crippen molar-refractivity contribution < 1.29 is 0 Å². The molecule has 26 heavy (non-hydrogen) atoms. The molecule has 0 aliphatic carbocycles. The second-order valence-corrected chi connectivity index (χ2v) is 8.05. The fraction of sp³-hybridized carbons (Fsp3) is 0.591. The van der Waals surface area contributed by atoms with Gasteiger partial charge in [-0.3, -0.25) is 0 Å². The normalized spacial score (nSPS) is 18.7. The molecule has 140 valence electrons. The number of aryl methyl sites for hydroxylation is 1. The van der Waals surface area contributed by atoms with Crippen molar-refractivity contribution in [2.75, 3.05) is 13.1 Å². The first kappa shape index (κ1) is 20.6. The van der Waals surface area contributed by atoms with E-state index in [9.17, 15) is 0 Å². The average Bonchev–Trinajstić information content (AvgIpc) is 2.85. The molecule has 0 bridgehead atoms. The molecule has 0 aromatic heterocycles. The quantitative estimate of drug-likeness (QED) is 0.703. The zero-order valence-corrected chi connectivity index (χ0v) is 16.8. The van der Waals surface area contributed by atoms with E-state index in [0.717, 1.165) is 25.2 Å². The Labute approximate surface area is 160 Å². The fourth-order valence-electron chi connectivity index (χ4n) is 3.81. The average molecular weight is 351 g/mol. The van der Waals surface area contributed by atoms with E-state index < -0.39 is 0 Å². The maximum absolute atomic E-state index is 9.05. The summed E-state index contributed by atoms with van der Waals surface area (Å²) in [5.41, 5.74) is 3.70. The van der Waals surface area contributed by atoms with E-state index in [1.54, 1.807) is 0 Å². The standard InChI is InChI=1S/C22H34BN3/c1-18-9-11-20(12-10-18)16-22(23(3)4)25-17-21-8-6-5-7-15-26(21)19(2)13-14-24/h9-12,21-22,25H,2,5-8,13,15-17H2,1,3-4H3. The third kappa shape index (κ3) is 6.22. The zero-order chi connectivity index (χ0) is 18.9. The van der Waals surface area contributed by atoms with Crippen LogP contribution in [-0.4, -0.2) is 36.7 Å². The molecular formula is C22H34BN3. The predicted octanol–water partition coefficient (Wildman–Crippen LogP) is 4.46. The van der Waals surface area contributed by atoms with Crippen LogP contribution in [0.1, 0.15) is 43.2 Å². The minimum absolute atomic E-state index is 0.438. The molecule has 2 unspecified atom stereocenters. The first-order valence-electron chi connectivity index (χ1n) is 10.1. The summed E-state index contributed by atoms with van der Waals surface area (Å²) in [6.45, 7) is 13.5. The Kier molecular flexibility index (Phi) is 8.26. The Hall–Kier alpha value is -1.73. The molecule has 4 heteroatoms. The number of nitrogens with zero attached hydrogens (tertiary/aromatic N) is 2. The van der Waals surface area contributed by atoms with Crippen LogP contribution in [0.15, 0.2) is 36.5 Å². The van der Waals surface area contributed by atoms with Gasteiger partial charge in [0.25, 0.3) is 0 Å². The summed E-state index contributed by atoms with van der Waals surface area (Å²) >= 11 is 0. The van der Waals surface area contributed by atoms with Crippen LogP contribution in [0, 0.1) is 18.3 Å². The van der Waals surface area contributed by atoms with Crippen LogP contribution in [0.25, 0.3) is 0 Å². The van der Waals surface area contributed by atoms with Crippen molar-refractivity contribution >= 4 is 6.71 Å². The van der Waals surface area contributed by atoms with Crippen LogP contribution in [0.2, 0.25) is 13.6 Å². The molecule has 1 heterocycles. The van der Waals surface area contributed by atoms with Crippen molar-refractivity contribution in [3.63, 3.8) is 0 Å². The van der Waals surface area contributed by atoms with Gasteiger partial charge in [0.1, 0.15) is 0 Å². The predicted molar refractivity (Wildman–Crippen MR) is 112 cm³/mol. The maximum Gasteiger partial charge on any atom is 0.154 e. The topological polar surface area (TPSA) is 39.1 Å². The van der Waals surface area contributed by atoms with Gasteiger partial charge >= 0.3 is 0 Å². The number of rotatable bonds is 8. The highest BCUT2D eigenvalue weighted by atomic mass is 15.2. The molecule has 1 aromatic rings. The van der Waals surface area contributed by atoms with Crippen LogP contribution >= 0.6 is 0 Å². The number of allylic oxidation sites excluding steroid dienone is 1. The third-order valence-corrected chi connectivity index (χ3v) is 5.56. The molecule has 2 rings (SSSR count). The Balaban J connectivity index is 1.99. The van der Waals surface area contributed by atoms with Gasteiger partial charge < -0.3 is 10.2 Å². The second-order valence-electron chi connectivity index (χ2n) is 8.05. The van der Waals surface area contributed by atoms with E-state index in [1.807, 2.05) is 0 Å². The van der Waals surface area contributed by atoms with E-state index in [0.29, 0.717) is 25.1 Å². The number of likely N-dealkylation sites (tertiary alicyclic amines) is 1. The number of nitrogens with one attached hydrogen (secondary N) is 1. The fourth-order valence-corrected chi connectivity index (χ4v) is 3.81. The highest BCUT2D eigenvalue weighted by Crippen LogP contribution is 2.21. The van der Waals surface area contributed by atoms with Gasteiger partial charge in [0, 0.05) is 24.8 Å². The number of hydrogen-bond donors (Lipinski definition) is 1. The van der Waals surface area contributed by atoms with E-state index in [1.165, 1.54) is 36.8 Å². The molecule has 1 aliphatic rings. The summed E-state index contributed by atoms with van der Waals surface area (Å²) in [6.07, 6.45) is 6.44. The number of benzene rings is 1. The Morgan fingerprint density at radius 2 is 2.04 bits per heavy atom. The number of hydrogen-bond acceptors (Lipinski definition) is 3. The summed E-state index contributed by atoms with van der Waals surface area (Å²) in [5, 5.41) is 12.9. The summed E-state index contributed by atoms with van der Waals surface area (Å²) in [4.78, 5) is 2.40. The maximum atomic E-state index is 9.05. The third-order valence-electron chi connectivity index (χ3n) is 5.56. The van der Waals surface area contributed by atoms with Gasteiger partial charge in [-0.2, -0.15) is 5.26 Å². The second kappa shape index (κ2) is 10.4. The lowest BCUT2D eigenvalue weighted by atomic mass is 9.47. The highest BCUT2D eigenvalue weighted by molar-refractivity contribution is 6.57. The Morgan fingerprint density at radius 3 is 2.69 bits per heavy atom. The molecule has 1 N–H and O–H groups in total. The van der Waals surface area contributed by atoms with Gasteiger partial charge in [-0.25, -0.2) is 0 Å². The van der Waals surface area contributed by atoms with Crippen LogP contribution in [0.5, 0.6) is 0 Å². The molecule has 1 fully saturated rings. The Morgan fingerprint density at radius 1 is 1.31 bits per heavy atom. The molecular weight excluding hydrogens is 317 g/mol. The Bertz CT molecular complexity index is 603. The van der Waals surface area contributed by atoms with Crippen molar-refractivity contribution in [1.29, 1.82) is 5.26 Å². The van der Waals surface area contributed by atoms with Crippen molar-refractivity contribution in [3.8, 4) is 6.07 Å². The SMILES string of the molecule is C=C(CC#N)N1CCCCCC1CNC(Cc1ccc(C)cc1)B(C)C. The van der Waals surface area contributed by atoms with E-state index >= 15 is 0 Å². The zero-order valence-electron chi connectivity index (χ0n) is 16.8.